The lowest BCUT2D eigenvalue weighted by Gasteiger charge is -2.18. The smallest absolute Gasteiger partial charge is 0.265 e. The first kappa shape index (κ1) is 17.7. The van der Waals surface area contributed by atoms with Crippen molar-refractivity contribution < 1.29 is 14.3 Å². The lowest BCUT2D eigenvalue weighted by atomic mass is 10.1. The number of carbonyl (C=O) groups is 2. The molecule has 0 radical (unpaired) electrons. The zero-order valence-corrected chi connectivity index (χ0v) is 14.6. The van der Waals surface area contributed by atoms with Crippen molar-refractivity contribution in [1.82, 2.24) is 0 Å². The van der Waals surface area contributed by atoms with Gasteiger partial charge in [0, 0.05) is 11.3 Å². The maximum absolute atomic E-state index is 12.5. The van der Waals surface area contributed by atoms with Crippen LogP contribution in [0.5, 0.6) is 5.75 Å². The topological polar surface area (TPSA) is 55.4 Å². The monoisotopic (exact) mass is 325 g/mol. The van der Waals surface area contributed by atoms with Gasteiger partial charge in [0.1, 0.15) is 5.75 Å². The highest BCUT2D eigenvalue weighted by molar-refractivity contribution is 5.98. The zero-order chi connectivity index (χ0) is 17.7. The van der Waals surface area contributed by atoms with Crippen molar-refractivity contribution in [3.63, 3.8) is 0 Å². The molecule has 0 aliphatic heterocycles. The van der Waals surface area contributed by atoms with Crippen LogP contribution in [0.2, 0.25) is 0 Å². The van der Waals surface area contributed by atoms with Crippen LogP contribution in [0.3, 0.4) is 0 Å². The number of benzene rings is 2. The van der Waals surface area contributed by atoms with Gasteiger partial charge >= 0.3 is 0 Å². The third-order valence-corrected chi connectivity index (χ3v) is 3.67. The van der Waals surface area contributed by atoms with Crippen molar-refractivity contribution in [2.24, 2.45) is 0 Å². The Morgan fingerprint density at radius 1 is 1.08 bits per heavy atom. The Balaban J connectivity index is 2.11. The number of ether oxygens (including phenoxy) is 1. The zero-order valence-electron chi connectivity index (χ0n) is 14.6. The number of ketones is 1. The molecule has 1 N–H and O–H groups in total. The summed E-state index contributed by atoms with van der Waals surface area (Å²) in [4.78, 5) is 23.9. The average molecular weight is 325 g/mol. The van der Waals surface area contributed by atoms with Gasteiger partial charge in [-0.1, -0.05) is 25.1 Å². The van der Waals surface area contributed by atoms with Crippen LogP contribution >= 0.6 is 0 Å². The van der Waals surface area contributed by atoms with E-state index in [0.29, 0.717) is 23.4 Å². The van der Waals surface area contributed by atoms with Gasteiger partial charge in [0.15, 0.2) is 11.9 Å². The lowest BCUT2D eigenvalue weighted by Crippen LogP contribution is -2.32. The molecule has 126 valence electrons. The van der Waals surface area contributed by atoms with Gasteiger partial charge in [0.2, 0.25) is 0 Å². The van der Waals surface area contributed by atoms with Crippen LogP contribution < -0.4 is 10.1 Å². The Morgan fingerprint density at radius 3 is 2.33 bits per heavy atom. The van der Waals surface area contributed by atoms with Crippen LogP contribution in [0.25, 0.3) is 0 Å². The molecule has 4 nitrogen and oxygen atoms in total. The summed E-state index contributed by atoms with van der Waals surface area (Å²) in [6.45, 7) is 7.39. The molecule has 2 aromatic carbocycles. The van der Waals surface area contributed by atoms with Gasteiger partial charge < -0.3 is 10.1 Å². The van der Waals surface area contributed by atoms with Crippen molar-refractivity contribution in [1.29, 1.82) is 0 Å². The van der Waals surface area contributed by atoms with E-state index in [-0.39, 0.29) is 11.7 Å². The van der Waals surface area contributed by atoms with Crippen molar-refractivity contribution in [3.8, 4) is 5.75 Å². The molecule has 0 unspecified atom stereocenters. The van der Waals surface area contributed by atoms with Gasteiger partial charge in [-0.15, -0.1) is 0 Å². The minimum absolute atomic E-state index is 0.0374. The van der Waals surface area contributed by atoms with Crippen LogP contribution in [0.1, 0.15) is 41.8 Å². The Bertz CT molecular complexity index is 732. The Kier molecular flexibility index (Phi) is 5.74. The number of nitrogens with one attached hydrogen (secondary N) is 1. The fraction of sp³-hybridized carbons (Fsp3) is 0.300. The number of rotatable bonds is 6. The standard InChI is InChI=1S/C20H23NO3/c1-5-19(24-18-10-13(2)9-14(3)11-18)20(23)21-17-8-6-7-16(12-17)15(4)22/h6-12,19H,5H2,1-4H3,(H,21,23)/t19-/m0/s1. The second-order valence-electron chi connectivity index (χ2n) is 5.96. The third-order valence-electron chi connectivity index (χ3n) is 3.67. The van der Waals surface area contributed by atoms with E-state index < -0.39 is 6.10 Å². The summed E-state index contributed by atoms with van der Waals surface area (Å²) < 4.78 is 5.86. The molecule has 24 heavy (non-hydrogen) atoms. The number of carbonyl (C=O) groups excluding carboxylic acids is 2. The highest BCUT2D eigenvalue weighted by atomic mass is 16.5. The molecule has 4 heteroatoms. The van der Waals surface area contributed by atoms with E-state index in [1.54, 1.807) is 24.3 Å². The number of aryl methyl sites for hydroxylation is 2. The van der Waals surface area contributed by atoms with E-state index in [0.717, 1.165) is 11.1 Å². The lowest BCUT2D eigenvalue weighted by molar-refractivity contribution is -0.122. The Labute approximate surface area is 142 Å². The fourth-order valence-corrected chi connectivity index (χ4v) is 2.53. The average Bonchev–Trinajstić information content (AvgIpc) is 2.51. The molecule has 0 spiro atoms. The van der Waals surface area contributed by atoms with Crippen molar-refractivity contribution in [2.75, 3.05) is 5.32 Å². The summed E-state index contributed by atoms with van der Waals surface area (Å²) in [5.74, 6) is 0.425. The number of hydrogen-bond donors (Lipinski definition) is 1. The first-order valence-electron chi connectivity index (χ1n) is 8.06. The van der Waals surface area contributed by atoms with Crippen LogP contribution in [0.15, 0.2) is 42.5 Å². The van der Waals surface area contributed by atoms with E-state index >= 15 is 0 Å². The Hall–Kier alpha value is -2.62. The van der Waals surface area contributed by atoms with Crippen LogP contribution in [-0.4, -0.2) is 17.8 Å². The third kappa shape index (κ3) is 4.69. The quantitative estimate of drug-likeness (QED) is 0.806. The predicted octanol–water partition coefficient (Wildman–Crippen LogP) is 4.30. The molecule has 2 aromatic rings. The summed E-state index contributed by atoms with van der Waals surface area (Å²) in [5.41, 5.74) is 3.34. The minimum atomic E-state index is -0.591. The normalized spacial score (nSPS) is 11.7. The molecule has 0 fully saturated rings. The van der Waals surface area contributed by atoms with Gasteiger partial charge in [-0.05, 0) is 62.6 Å². The van der Waals surface area contributed by atoms with Crippen LogP contribution in [-0.2, 0) is 4.79 Å². The second kappa shape index (κ2) is 7.77. The summed E-state index contributed by atoms with van der Waals surface area (Å²) >= 11 is 0. The minimum Gasteiger partial charge on any atom is -0.481 e. The van der Waals surface area contributed by atoms with Crippen molar-refractivity contribution in [3.05, 3.63) is 59.2 Å². The molecular weight excluding hydrogens is 302 g/mol. The van der Waals surface area contributed by atoms with E-state index in [9.17, 15) is 9.59 Å². The van der Waals surface area contributed by atoms with Crippen LogP contribution in [0.4, 0.5) is 5.69 Å². The fourth-order valence-electron chi connectivity index (χ4n) is 2.53. The predicted molar refractivity (Wildman–Crippen MR) is 95.7 cm³/mol. The number of hydrogen-bond acceptors (Lipinski definition) is 3. The van der Waals surface area contributed by atoms with Crippen molar-refractivity contribution >= 4 is 17.4 Å². The molecule has 1 atom stereocenters. The highest BCUT2D eigenvalue weighted by Gasteiger charge is 2.19. The van der Waals surface area contributed by atoms with E-state index in [1.165, 1.54) is 6.92 Å². The summed E-state index contributed by atoms with van der Waals surface area (Å²) in [6, 6.07) is 12.8. The summed E-state index contributed by atoms with van der Waals surface area (Å²) in [6.07, 6.45) is -0.0437. The maximum atomic E-state index is 12.5. The summed E-state index contributed by atoms with van der Waals surface area (Å²) in [7, 11) is 0. The first-order chi connectivity index (χ1) is 11.4. The first-order valence-corrected chi connectivity index (χ1v) is 8.06. The molecular formula is C20H23NO3. The molecule has 0 heterocycles. The van der Waals surface area contributed by atoms with Gasteiger partial charge in [-0.25, -0.2) is 0 Å². The molecule has 1 amide bonds. The van der Waals surface area contributed by atoms with Gasteiger partial charge in [0.05, 0.1) is 0 Å². The molecule has 0 aromatic heterocycles. The number of Topliss-reactive ketones (excluding diaryl/α,β-unsaturated/α-hetero) is 1. The number of amides is 1. The number of anilines is 1. The van der Waals surface area contributed by atoms with E-state index in [1.807, 2.05) is 32.9 Å². The van der Waals surface area contributed by atoms with Crippen LogP contribution in [0, 0.1) is 13.8 Å². The van der Waals surface area contributed by atoms with Gasteiger partial charge in [-0.3, -0.25) is 9.59 Å². The maximum Gasteiger partial charge on any atom is 0.265 e. The van der Waals surface area contributed by atoms with Gasteiger partial charge in [0.25, 0.3) is 5.91 Å². The van der Waals surface area contributed by atoms with Gasteiger partial charge in [-0.2, -0.15) is 0 Å². The van der Waals surface area contributed by atoms with Crippen molar-refractivity contribution in [2.45, 2.75) is 40.2 Å². The highest BCUT2D eigenvalue weighted by Crippen LogP contribution is 2.19. The van der Waals surface area contributed by atoms with E-state index in [4.69, 9.17) is 4.74 Å². The molecule has 0 saturated heterocycles. The largest absolute Gasteiger partial charge is 0.481 e. The SMILES string of the molecule is CC[C@H](Oc1cc(C)cc(C)c1)C(=O)Nc1cccc(C(C)=O)c1. The summed E-state index contributed by atoms with van der Waals surface area (Å²) in [5, 5.41) is 2.82. The molecule has 0 aliphatic rings. The Morgan fingerprint density at radius 2 is 1.75 bits per heavy atom. The van der Waals surface area contributed by atoms with E-state index in [2.05, 4.69) is 11.4 Å². The molecule has 0 bridgehead atoms. The second-order valence-corrected chi connectivity index (χ2v) is 5.96. The molecule has 0 saturated carbocycles. The molecule has 0 aliphatic carbocycles. The molecule has 2 rings (SSSR count).